The Morgan fingerprint density at radius 3 is 2.90 bits per heavy atom. The zero-order valence-corrected chi connectivity index (χ0v) is 17.6. The number of nitrogens with zero attached hydrogens (tertiary/aromatic N) is 1. The van der Waals surface area contributed by atoms with E-state index in [2.05, 4.69) is 4.98 Å². The Bertz CT molecular complexity index is 791. The molecule has 0 aromatic carbocycles. The van der Waals surface area contributed by atoms with E-state index in [9.17, 15) is 14.4 Å². The van der Waals surface area contributed by atoms with Crippen LogP contribution in [0.4, 0.5) is 0 Å². The lowest BCUT2D eigenvalue weighted by Crippen LogP contribution is -2.31. The molecule has 11 heteroatoms. The van der Waals surface area contributed by atoms with Gasteiger partial charge in [-0.15, -0.1) is 0 Å². The van der Waals surface area contributed by atoms with Crippen LogP contribution in [0.15, 0.2) is 34.2 Å². The Labute approximate surface area is 169 Å². The number of esters is 1. The molecule has 0 saturated carbocycles. The van der Waals surface area contributed by atoms with Crippen LogP contribution in [0.2, 0.25) is 0 Å². The molecule has 3 atom stereocenters. The van der Waals surface area contributed by atoms with E-state index >= 15 is 0 Å². The van der Waals surface area contributed by atoms with E-state index in [4.69, 9.17) is 23.0 Å². The van der Waals surface area contributed by atoms with Crippen LogP contribution in [0.5, 0.6) is 0 Å². The number of carbonyl (C=O) groups excluding carboxylic acids is 1. The molecule has 3 unspecified atom stereocenters. The average Bonchev–Trinajstić information content (AvgIpc) is 3.11. The summed E-state index contributed by atoms with van der Waals surface area (Å²) in [5.74, 6) is -0.263. The minimum Gasteiger partial charge on any atom is -0.463 e. The molecule has 0 bridgehead atoms. The predicted octanol–water partition coefficient (Wildman–Crippen LogP) is 2.37. The maximum Gasteiger partial charge on any atom is 0.396 e. The van der Waals surface area contributed by atoms with Crippen LogP contribution in [0.25, 0.3) is 0 Å². The van der Waals surface area contributed by atoms with Gasteiger partial charge in [-0.3, -0.25) is 19.1 Å². The van der Waals surface area contributed by atoms with Crippen LogP contribution in [-0.4, -0.2) is 41.4 Å². The first-order valence-electron chi connectivity index (χ1n) is 9.36. The Hall–Kier alpha value is -2.00. The smallest absolute Gasteiger partial charge is 0.396 e. The number of carbonyl (C=O) groups is 1. The normalized spacial score (nSPS) is 20.3. The summed E-state index contributed by atoms with van der Waals surface area (Å²) in [6, 6.07) is 1.28. The quantitative estimate of drug-likeness (QED) is 0.246. The molecule has 10 nitrogen and oxygen atoms in total. The van der Waals surface area contributed by atoms with Crippen LogP contribution < -0.4 is 11.2 Å². The van der Waals surface area contributed by atoms with E-state index < -0.39 is 26.1 Å². The number of aromatic amines is 1. The third kappa shape index (κ3) is 8.10. The third-order valence-corrected chi connectivity index (χ3v) is 4.86. The summed E-state index contributed by atoms with van der Waals surface area (Å²) in [6.07, 6.45) is 5.86. The van der Waals surface area contributed by atoms with Gasteiger partial charge in [0.15, 0.2) is 0 Å². The number of H-pyrrole nitrogens is 1. The molecule has 1 N–H and O–H groups in total. The van der Waals surface area contributed by atoms with E-state index in [0.29, 0.717) is 25.9 Å². The number of aromatic nitrogens is 2. The molecule has 162 valence electrons. The Kier molecular flexibility index (Phi) is 9.53. The number of ether oxygens (including phenoxy) is 2. The highest BCUT2D eigenvalue weighted by atomic mass is 31.2. The van der Waals surface area contributed by atoms with Crippen LogP contribution in [0, 0.1) is 0 Å². The molecule has 1 aromatic heterocycles. The SMILES string of the molecule is COP(O/C=C\C1CCC(n2ccc(=O)[nH]c2=O)O1)OCCCC(=O)OC(C)C. The number of nitrogens with one attached hydrogen (secondary N) is 1. The minimum atomic E-state index is -1.58. The van der Waals surface area contributed by atoms with E-state index in [-0.39, 0.29) is 24.6 Å². The zero-order chi connectivity index (χ0) is 21.2. The van der Waals surface area contributed by atoms with E-state index in [1.807, 2.05) is 0 Å². The topological polar surface area (TPSA) is 118 Å². The molecule has 1 aromatic rings. The fourth-order valence-electron chi connectivity index (χ4n) is 2.62. The third-order valence-electron chi connectivity index (χ3n) is 3.87. The van der Waals surface area contributed by atoms with Gasteiger partial charge in [0, 0.05) is 25.8 Å². The van der Waals surface area contributed by atoms with Crippen molar-refractivity contribution in [2.24, 2.45) is 0 Å². The molecule has 0 radical (unpaired) electrons. The number of hydrogen-bond acceptors (Lipinski definition) is 8. The van der Waals surface area contributed by atoms with Crippen molar-refractivity contribution in [3.63, 3.8) is 0 Å². The van der Waals surface area contributed by atoms with Gasteiger partial charge in [0.2, 0.25) is 0 Å². The minimum absolute atomic E-state index is 0.131. The van der Waals surface area contributed by atoms with Crippen LogP contribution in [-0.2, 0) is 27.8 Å². The first kappa shape index (κ1) is 23.3. The van der Waals surface area contributed by atoms with Crippen molar-refractivity contribution in [3.05, 3.63) is 45.4 Å². The second-order valence-corrected chi connectivity index (χ2v) is 7.82. The summed E-state index contributed by atoms with van der Waals surface area (Å²) in [7, 11) is -0.110. The second kappa shape index (κ2) is 11.9. The highest BCUT2D eigenvalue weighted by Gasteiger charge is 2.25. The van der Waals surface area contributed by atoms with Crippen molar-refractivity contribution in [1.29, 1.82) is 0 Å². The molecule has 1 aliphatic rings. The van der Waals surface area contributed by atoms with Gasteiger partial charge in [-0.25, -0.2) is 4.79 Å². The highest BCUT2D eigenvalue weighted by molar-refractivity contribution is 7.41. The van der Waals surface area contributed by atoms with Crippen molar-refractivity contribution in [3.8, 4) is 0 Å². The lowest BCUT2D eigenvalue weighted by molar-refractivity contribution is -0.147. The highest BCUT2D eigenvalue weighted by Crippen LogP contribution is 2.39. The molecular formula is C18H27N2O8P. The van der Waals surface area contributed by atoms with Gasteiger partial charge in [-0.1, -0.05) is 0 Å². The average molecular weight is 430 g/mol. The van der Waals surface area contributed by atoms with Crippen molar-refractivity contribution in [1.82, 2.24) is 9.55 Å². The van der Waals surface area contributed by atoms with Crippen molar-refractivity contribution < 1.29 is 27.8 Å². The maximum absolute atomic E-state index is 11.8. The molecule has 1 aliphatic heterocycles. The first-order chi connectivity index (χ1) is 13.9. The van der Waals surface area contributed by atoms with E-state index in [1.165, 1.54) is 30.2 Å². The zero-order valence-electron chi connectivity index (χ0n) is 16.7. The summed E-state index contributed by atoms with van der Waals surface area (Å²) in [5, 5.41) is 0. The van der Waals surface area contributed by atoms with Gasteiger partial charge >= 0.3 is 20.3 Å². The fourth-order valence-corrected chi connectivity index (χ4v) is 3.32. The summed E-state index contributed by atoms with van der Waals surface area (Å²) < 4.78 is 28.2. The number of hydrogen-bond donors (Lipinski definition) is 1. The predicted molar refractivity (Wildman–Crippen MR) is 105 cm³/mol. The summed E-state index contributed by atoms with van der Waals surface area (Å²) in [5.41, 5.74) is -0.948. The molecule has 0 spiro atoms. The van der Waals surface area contributed by atoms with Gasteiger partial charge in [0.05, 0.1) is 25.1 Å². The molecule has 2 heterocycles. The molecule has 0 aliphatic carbocycles. The van der Waals surface area contributed by atoms with Crippen LogP contribution in [0.3, 0.4) is 0 Å². The molecule has 1 saturated heterocycles. The van der Waals surface area contributed by atoms with Crippen LogP contribution >= 0.6 is 8.60 Å². The first-order valence-corrected chi connectivity index (χ1v) is 10.5. The standard InChI is InChI=1S/C18H27N2O8P/c1-13(2)27-17(22)5-4-11-25-29(24-3)26-12-9-14-6-7-16(28-14)20-10-8-15(21)19-18(20)23/h8-10,12-14,16H,4-7,11H2,1-3H3,(H,19,21,23)/b12-9-. The van der Waals surface area contributed by atoms with E-state index in [1.54, 1.807) is 19.9 Å². The fraction of sp³-hybridized carbons (Fsp3) is 0.611. The Morgan fingerprint density at radius 1 is 1.41 bits per heavy atom. The Morgan fingerprint density at radius 2 is 2.21 bits per heavy atom. The van der Waals surface area contributed by atoms with Crippen molar-refractivity contribution in [2.75, 3.05) is 13.7 Å². The van der Waals surface area contributed by atoms with Crippen molar-refractivity contribution >= 4 is 14.6 Å². The summed E-state index contributed by atoms with van der Waals surface area (Å²) >= 11 is 0. The van der Waals surface area contributed by atoms with Gasteiger partial charge in [0.1, 0.15) is 6.23 Å². The van der Waals surface area contributed by atoms with Gasteiger partial charge in [-0.2, -0.15) is 0 Å². The summed E-state index contributed by atoms with van der Waals surface area (Å²) in [4.78, 5) is 36.6. The lowest BCUT2D eigenvalue weighted by Gasteiger charge is -2.14. The van der Waals surface area contributed by atoms with E-state index in [0.717, 1.165) is 0 Å². The van der Waals surface area contributed by atoms with Gasteiger partial charge in [0.25, 0.3) is 5.56 Å². The number of rotatable bonds is 11. The Balaban J connectivity index is 1.70. The summed E-state index contributed by atoms with van der Waals surface area (Å²) in [6.45, 7) is 3.90. The van der Waals surface area contributed by atoms with Crippen LogP contribution in [0.1, 0.15) is 45.8 Å². The maximum atomic E-state index is 11.8. The molecule has 2 rings (SSSR count). The second-order valence-electron chi connectivity index (χ2n) is 6.54. The van der Waals surface area contributed by atoms with Crippen molar-refractivity contribution in [2.45, 2.75) is 58.0 Å². The monoisotopic (exact) mass is 430 g/mol. The molecule has 29 heavy (non-hydrogen) atoms. The molecular weight excluding hydrogens is 403 g/mol. The molecule has 1 fully saturated rings. The van der Waals surface area contributed by atoms with Gasteiger partial charge in [-0.05, 0) is 39.2 Å². The lowest BCUT2D eigenvalue weighted by atomic mass is 10.2. The largest absolute Gasteiger partial charge is 0.463 e. The molecule has 0 amide bonds. The van der Waals surface area contributed by atoms with Gasteiger partial charge < -0.3 is 23.0 Å².